The zero-order valence-electron chi connectivity index (χ0n) is 37.5. The van der Waals surface area contributed by atoms with Gasteiger partial charge in [-0.25, -0.2) is 0 Å². The summed E-state index contributed by atoms with van der Waals surface area (Å²) in [5, 5.41) is 6.17. The summed E-state index contributed by atoms with van der Waals surface area (Å²) in [6.45, 7) is 12.6. The van der Waals surface area contributed by atoms with Crippen molar-refractivity contribution in [2.45, 2.75) is 57.2 Å². The van der Waals surface area contributed by atoms with Crippen molar-refractivity contribution < 1.29 is 28.7 Å². The summed E-state index contributed by atoms with van der Waals surface area (Å²) in [5.74, 6) is 0.266. The van der Waals surface area contributed by atoms with Crippen LogP contribution in [0.2, 0.25) is 0 Å². The van der Waals surface area contributed by atoms with Crippen LogP contribution in [0.4, 0.5) is 5.69 Å². The van der Waals surface area contributed by atoms with Crippen molar-refractivity contribution in [3.63, 3.8) is 0 Å². The lowest BCUT2D eigenvalue weighted by Gasteiger charge is -2.45. The predicted octanol–water partition coefficient (Wildman–Crippen LogP) is 4.37. The summed E-state index contributed by atoms with van der Waals surface area (Å²) in [5.41, 5.74) is 5.52. The molecule has 15 nitrogen and oxygen atoms in total. The first-order valence-electron chi connectivity index (χ1n) is 22.3. The average Bonchev–Trinajstić information content (AvgIpc) is 3.97. The fourth-order valence-corrected chi connectivity index (χ4v) is 11.7. The van der Waals surface area contributed by atoms with Gasteiger partial charge in [-0.2, -0.15) is 0 Å². The van der Waals surface area contributed by atoms with Crippen LogP contribution in [-0.2, 0) is 23.2 Å². The number of imide groups is 1. The Morgan fingerprint density at radius 1 is 0.938 bits per heavy atom. The second-order valence-electron chi connectivity index (χ2n) is 18.5. The van der Waals surface area contributed by atoms with Gasteiger partial charge < -0.3 is 34.1 Å². The second-order valence-corrected chi connectivity index (χ2v) is 19.6. The molecule has 4 fully saturated rings. The second kappa shape index (κ2) is 17.4. The molecule has 5 aliphatic rings. The number of piperidine rings is 1. The number of aryl methyl sites for hydroxylation is 1. The number of benzene rings is 2. The van der Waals surface area contributed by atoms with Gasteiger partial charge in [-0.15, -0.1) is 11.3 Å². The van der Waals surface area contributed by atoms with Gasteiger partial charge in [0.1, 0.15) is 17.5 Å². The van der Waals surface area contributed by atoms with Crippen LogP contribution in [0.15, 0.2) is 54.0 Å². The van der Waals surface area contributed by atoms with Gasteiger partial charge in [0.15, 0.2) is 0 Å². The maximum atomic E-state index is 13.7. The fourth-order valence-electron chi connectivity index (χ4n) is 10.6. The molecule has 6 heterocycles. The molecule has 1 saturated carbocycles. The first-order chi connectivity index (χ1) is 30.7. The molecule has 0 radical (unpaired) electrons. The molecular formula is C48H58N8O7S. The molecular weight excluding hydrogens is 833 g/mol. The number of anilines is 1. The van der Waals surface area contributed by atoms with Gasteiger partial charge in [-0.05, 0) is 107 Å². The van der Waals surface area contributed by atoms with Crippen molar-refractivity contribution in [3.05, 3.63) is 81.1 Å². The molecule has 338 valence electrons. The van der Waals surface area contributed by atoms with Crippen LogP contribution in [0.5, 0.6) is 11.5 Å². The zero-order chi connectivity index (χ0) is 45.0. The highest BCUT2D eigenvalue weighted by Gasteiger charge is 2.49. The van der Waals surface area contributed by atoms with Crippen LogP contribution in [0.1, 0.15) is 69.7 Å². The normalized spacial score (nSPS) is 22.7. The van der Waals surface area contributed by atoms with E-state index in [2.05, 4.69) is 36.8 Å². The summed E-state index contributed by atoms with van der Waals surface area (Å²) in [7, 11) is 9.01. The van der Waals surface area contributed by atoms with Gasteiger partial charge >= 0.3 is 0 Å². The van der Waals surface area contributed by atoms with Crippen molar-refractivity contribution in [2.75, 3.05) is 85.6 Å². The number of aromatic nitrogens is 1. The number of hydrogen-bond acceptors (Lipinski definition) is 12. The van der Waals surface area contributed by atoms with Crippen LogP contribution in [-0.4, -0.2) is 141 Å². The molecule has 0 bridgehead atoms. The minimum atomic E-state index is -0.726. The molecule has 1 spiro atoms. The molecule has 64 heavy (non-hydrogen) atoms. The summed E-state index contributed by atoms with van der Waals surface area (Å²) in [4.78, 5) is 76.3. The molecule has 2 aromatic heterocycles. The number of rotatable bonds is 13. The van der Waals surface area contributed by atoms with E-state index in [1.54, 1.807) is 31.9 Å². The monoisotopic (exact) mass is 890 g/mol. The largest absolute Gasteiger partial charge is 0.496 e. The van der Waals surface area contributed by atoms with Crippen molar-refractivity contribution in [1.82, 2.24) is 34.8 Å². The molecule has 4 aliphatic heterocycles. The minimum Gasteiger partial charge on any atom is -0.496 e. The maximum Gasteiger partial charge on any atom is 0.261 e. The van der Waals surface area contributed by atoms with Gasteiger partial charge in [0.2, 0.25) is 11.8 Å². The third-order valence-corrected chi connectivity index (χ3v) is 15.1. The summed E-state index contributed by atoms with van der Waals surface area (Å²) in [6, 6.07) is 11.0. The summed E-state index contributed by atoms with van der Waals surface area (Å²) >= 11 is 1.35. The Kier molecular flexibility index (Phi) is 11.9. The Morgan fingerprint density at radius 3 is 2.34 bits per heavy atom. The Bertz CT molecular complexity index is 2580. The molecule has 16 heteroatoms. The van der Waals surface area contributed by atoms with Crippen molar-refractivity contribution in [1.29, 1.82) is 0 Å². The van der Waals surface area contributed by atoms with Crippen LogP contribution >= 0.6 is 11.3 Å². The van der Waals surface area contributed by atoms with Crippen LogP contribution in [0, 0.1) is 5.41 Å². The number of methoxy groups -OCH3 is 2. The van der Waals surface area contributed by atoms with Crippen LogP contribution in [0.25, 0.3) is 26.9 Å². The molecule has 1 atom stereocenters. The van der Waals surface area contributed by atoms with E-state index in [1.165, 1.54) is 16.2 Å². The highest BCUT2D eigenvalue weighted by molar-refractivity contribution is 7.21. The standard InChI is InChI=1S/C48H58N8O7S/c1-29-33-9-8-32(22-34(33)47(61)56(29)38-10-11-42(57)50-44(38)58)55-18-16-53(17-19-55)13-7-14-54-15-12-48(28-54)24-31(25-48)49-45(59)41-23-35-43(64-41)36(27-52(4)46(35)60)30-20-39(62-5)37(26-51(2)3)40(21-30)63-6/h8-9,20-23,27,31,38H,1,7,10-19,24-26,28H2,2-6H3,(H,49,59)(H,50,57,58). The van der Waals surface area contributed by atoms with Gasteiger partial charge in [-0.1, -0.05) is 12.6 Å². The van der Waals surface area contributed by atoms with E-state index in [-0.39, 0.29) is 41.2 Å². The lowest BCUT2D eigenvalue weighted by Crippen LogP contribution is -2.52. The molecule has 4 amide bonds. The number of nitrogens with one attached hydrogen (secondary N) is 2. The lowest BCUT2D eigenvalue weighted by molar-refractivity contribution is -0.136. The number of carbonyl (C=O) groups excluding carboxylic acids is 4. The van der Waals surface area contributed by atoms with E-state index >= 15 is 0 Å². The molecule has 1 aliphatic carbocycles. The SMILES string of the molecule is C=C1c2ccc(N3CCN(CCCN4CCC5(CC(NC(=O)c6cc7c(=O)n(C)cc(-c8cc(OC)c(CN(C)C)c(OC)c8)c7s6)C5)C4)CC3)cc2C(=O)N1C1CCC(=O)NC1=O. The van der Waals surface area contributed by atoms with Crippen LogP contribution < -0.4 is 30.6 Å². The maximum absolute atomic E-state index is 13.7. The topological polar surface area (TPSA) is 149 Å². The minimum absolute atomic E-state index is 0.112. The number of piperazine rings is 1. The first-order valence-corrected chi connectivity index (χ1v) is 23.1. The lowest BCUT2D eigenvalue weighted by atomic mass is 9.65. The highest BCUT2D eigenvalue weighted by Crippen LogP contribution is 2.48. The predicted molar refractivity (Wildman–Crippen MR) is 248 cm³/mol. The van der Waals surface area contributed by atoms with E-state index in [9.17, 15) is 24.0 Å². The average molecular weight is 891 g/mol. The molecule has 3 saturated heterocycles. The number of ether oxygens (including phenoxy) is 2. The van der Waals surface area contributed by atoms with Crippen molar-refractivity contribution in [2.24, 2.45) is 12.5 Å². The molecule has 9 rings (SSSR count). The van der Waals surface area contributed by atoms with E-state index in [4.69, 9.17) is 9.47 Å². The number of pyridine rings is 1. The molecule has 2 aromatic carbocycles. The Balaban J connectivity index is 0.745. The number of hydrogen-bond donors (Lipinski definition) is 2. The molecule has 1 unspecified atom stereocenters. The van der Waals surface area contributed by atoms with Gasteiger partial charge in [0, 0.05) is 92.2 Å². The third kappa shape index (κ3) is 8.20. The first kappa shape index (κ1) is 43.7. The summed E-state index contributed by atoms with van der Waals surface area (Å²) < 4.78 is 13.9. The number of likely N-dealkylation sites (tertiary alicyclic amines) is 1. The van der Waals surface area contributed by atoms with Gasteiger partial charge in [-0.3, -0.25) is 39.1 Å². The Labute approximate surface area is 377 Å². The smallest absolute Gasteiger partial charge is 0.261 e. The Morgan fingerprint density at radius 2 is 1.66 bits per heavy atom. The quantitative estimate of drug-likeness (QED) is 0.185. The number of carbonyl (C=O) groups is 4. The van der Waals surface area contributed by atoms with E-state index in [0.29, 0.717) is 46.0 Å². The van der Waals surface area contributed by atoms with E-state index in [0.717, 1.165) is 111 Å². The molecule has 4 aromatic rings. The van der Waals surface area contributed by atoms with E-state index in [1.807, 2.05) is 50.6 Å². The summed E-state index contributed by atoms with van der Waals surface area (Å²) in [6.07, 6.45) is 6.48. The number of nitrogens with zero attached hydrogens (tertiary/aromatic N) is 6. The Hall–Kier alpha value is -5.55. The molecule has 2 N–H and O–H groups in total. The zero-order valence-corrected chi connectivity index (χ0v) is 38.3. The fraction of sp³-hybridized carbons (Fsp3) is 0.479. The third-order valence-electron chi connectivity index (χ3n) is 13.9. The van der Waals surface area contributed by atoms with Gasteiger partial charge in [0.05, 0.1) is 35.6 Å². The van der Waals surface area contributed by atoms with Crippen molar-refractivity contribution in [3.8, 4) is 22.6 Å². The number of thiophene rings is 1. The van der Waals surface area contributed by atoms with Gasteiger partial charge in [0.25, 0.3) is 17.4 Å². The highest BCUT2D eigenvalue weighted by atomic mass is 32.1. The van der Waals surface area contributed by atoms with Crippen LogP contribution in [0.3, 0.4) is 0 Å². The number of fused-ring (bicyclic) bond motifs is 2. The van der Waals surface area contributed by atoms with E-state index < -0.39 is 11.9 Å². The number of amides is 4. The van der Waals surface area contributed by atoms with Crippen molar-refractivity contribution >= 4 is 56.4 Å².